The maximum absolute atomic E-state index is 11.6. The molecule has 0 saturated carbocycles. The minimum atomic E-state index is -0.0585. The van der Waals surface area contributed by atoms with E-state index in [1.54, 1.807) is 0 Å². The van der Waals surface area contributed by atoms with Crippen LogP contribution in [0.25, 0.3) is 0 Å². The van der Waals surface area contributed by atoms with Crippen molar-refractivity contribution in [1.82, 2.24) is 4.90 Å². The van der Waals surface area contributed by atoms with Crippen LogP contribution in [-0.2, 0) is 12.8 Å². The van der Waals surface area contributed by atoms with Gasteiger partial charge in [-0.15, -0.1) is 0 Å². The van der Waals surface area contributed by atoms with E-state index in [0.717, 1.165) is 22.3 Å². The van der Waals surface area contributed by atoms with E-state index in [1.165, 1.54) is 39.3 Å². The zero-order valence-corrected chi connectivity index (χ0v) is 37.2. The molecule has 7 rings (SSSR count). The van der Waals surface area contributed by atoms with Gasteiger partial charge in [0, 0.05) is 28.6 Å². The van der Waals surface area contributed by atoms with Crippen molar-refractivity contribution in [1.29, 1.82) is 0 Å². The molecule has 6 N–H and O–H groups in total. The van der Waals surface area contributed by atoms with E-state index in [-0.39, 0.29) is 28.5 Å². The SMILES string of the molecule is C1C[NH+]2CCN1CC2.O.Oc1c(Br)cc(Cc2cc(Br)c(O)c(Br)c2)cc1Br.[O-]c1c(Br)cc(Cc2cc(Br)c(O)c(Br)c2)cc1Br. The van der Waals surface area contributed by atoms with Crippen LogP contribution < -0.4 is 10.0 Å². The molecule has 3 heterocycles. The van der Waals surface area contributed by atoms with Gasteiger partial charge in [0.1, 0.15) is 17.2 Å². The van der Waals surface area contributed by atoms with E-state index < -0.39 is 0 Å². The van der Waals surface area contributed by atoms with Crippen LogP contribution in [0.1, 0.15) is 22.3 Å². The third kappa shape index (κ3) is 11.7. The van der Waals surface area contributed by atoms with Gasteiger partial charge in [-0.2, -0.15) is 0 Å². The Morgan fingerprint density at radius 3 is 0.915 bits per heavy atom. The highest BCUT2D eigenvalue weighted by atomic mass is 79.9. The summed E-state index contributed by atoms with van der Waals surface area (Å²) < 4.78 is 4.93. The summed E-state index contributed by atoms with van der Waals surface area (Å²) in [5.41, 5.74) is 4.11. The number of halogens is 8. The van der Waals surface area contributed by atoms with Crippen LogP contribution >= 0.6 is 127 Å². The number of fused-ring (bicyclic) bond motifs is 3. The van der Waals surface area contributed by atoms with Crippen molar-refractivity contribution in [3.8, 4) is 23.0 Å². The number of aromatic hydroxyl groups is 3. The van der Waals surface area contributed by atoms with Crippen molar-refractivity contribution in [2.24, 2.45) is 0 Å². The molecule has 0 spiro atoms. The van der Waals surface area contributed by atoms with Crippen LogP contribution in [0.5, 0.6) is 23.0 Å². The molecule has 3 aliphatic heterocycles. The predicted octanol–water partition coefficient (Wildman–Crippen LogP) is 8.22. The lowest BCUT2D eigenvalue weighted by Gasteiger charge is -2.38. The standard InChI is InChI=1S/2C13H8Br4O2.C6H12N2.H2O/c2*14-8-2-6(3-9(15)12(8)18)1-7-4-10(16)13(19)11(17)5-7;1-2-8-5-3-7(1)4-6-8;/h2*2-5,18-19H,1H2;1-6H2;1H2. The predicted molar refractivity (Wildman–Crippen MR) is 213 cm³/mol. The van der Waals surface area contributed by atoms with Gasteiger partial charge in [-0.25, -0.2) is 0 Å². The Kier molecular flexibility index (Phi) is 16.5. The first-order valence-electron chi connectivity index (χ1n) is 13.9. The minimum Gasteiger partial charge on any atom is -0.871 e. The van der Waals surface area contributed by atoms with Crippen molar-refractivity contribution >= 4 is 127 Å². The molecule has 254 valence electrons. The number of hydrogen-bond acceptors (Lipinski definition) is 5. The summed E-state index contributed by atoms with van der Waals surface area (Å²) in [7, 11) is 0. The fraction of sp³-hybridized carbons (Fsp3) is 0.250. The van der Waals surface area contributed by atoms with Crippen molar-refractivity contribution in [3.63, 3.8) is 0 Å². The van der Waals surface area contributed by atoms with E-state index in [0.29, 0.717) is 48.6 Å². The Bertz CT molecular complexity index is 1380. The van der Waals surface area contributed by atoms with Crippen LogP contribution in [0.2, 0.25) is 0 Å². The summed E-state index contributed by atoms with van der Waals surface area (Å²) in [5.74, 6) is 0.506. The highest BCUT2D eigenvalue weighted by molar-refractivity contribution is 9.12. The zero-order chi connectivity index (χ0) is 33.7. The average molecular weight is 1160 g/mol. The highest BCUT2D eigenvalue weighted by Crippen LogP contribution is 2.38. The van der Waals surface area contributed by atoms with Gasteiger partial charge >= 0.3 is 0 Å². The Morgan fingerprint density at radius 2 is 0.723 bits per heavy atom. The Hall–Kier alpha value is -0.200. The fourth-order valence-corrected chi connectivity index (χ4v) is 10.1. The van der Waals surface area contributed by atoms with Gasteiger partial charge in [0.25, 0.3) is 0 Å². The first-order valence-corrected chi connectivity index (χ1v) is 20.3. The number of nitrogens with one attached hydrogen (secondary N) is 1. The van der Waals surface area contributed by atoms with Crippen molar-refractivity contribution < 1.29 is 30.8 Å². The zero-order valence-electron chi connectivity index (χ0n) is 24.5. The molecule has 0 unspecified atom stereocenters. The molecule has 3 aliphatic rings. The number of hydrogen-bond donors (Lipinski definition) is 4. The van der Waals surface area contributed by atoms with Gasteiger partial charge in [0.2, 0.25) is 0 Å². The van der Waals surface area contributed by atoms with Gasteiger partial charge in [0.15, 0.2) is 0 Å². The molecule has 15 heteroatoms. The summed E-state index contributed by atoms with van der Waals surface area (Å²) in [5, 5.41) is 40.6. The first-order chi connectivity index (χ1) is 21.7. The lowest BCUT2D eigenvalue weighted by molar-refractivity contribution is -0.914. The lowest BCUT2D eigenvalue weighted by atomic mass is 10.0. The number of phenols is 3. The number of rotatable bonds is 4. The van der Waals surface area contributed by atoms with Crippen LogP contribution in [0.15, 0.2) is 84.3 Å². The van der Waals surface area contributed by atoms with Gasteiger partial charge in [0.05, 0.1) is 46.5 Å². The molecule has 0 radical (unpaired) electrons. The summed E-state index contributed by atoms with van der Waals surface area (Å²) in [6.45, 7) is 8.28. The van der Waals surface area contributed by atoms with Gasteiger partial charge in [-0.3, -0.25) is 4.90 Å². The minimum absolute atomic E-state index is 0. The first kappa shape index (κ1) is 41.2. The fourth-order valence-electron chi connectivity index (χ4n) is 5.01. The lowest BCUT2D eigenvalue weighted by Crippen LogP contribution is -3.17. The molecule has 4 aromatic carbocycles. The van der Waals surface area contributed by atoms with Crippen LogP contribution in [-0.4, -0.2) is 65.0 Å². The molecule has 0 aliphatic carbocycles. The normalized spacial score (nSPS) is 16.3. The van der Waals surface area contributed by atoms with E-state index in [1.807, 2.05) is 53.4 Å². The van der Waals surface area contributed by atoms with Crippen LogP contribution in [0.3, 0.4) is 0 Å². The molecule has 4 aromatic rings. The van der Waals surface area contributed by atoms with Gasteiger partial charge < -0.3 is 30.8 Å². The molecule has 47 heavy (non-hydrogen) atoms. The Labute approximate surface area is 341 Å². The second kappa shape index (κ2) is 18.9. The number of benzene rings is 4. The number of quaternary nitrogens is 1. The second-order valence-corrected chi connectivity index (χ2v) is 17.6. The Balaban J connectivity index is 0.000000203. The quantitative estimate of drug-likeness (QED) is 0.164. The van der Waals surface area contributed by atoms with Crippen molar-refractivity contribution in [3.05, 3.63) is 107 Å². The summed E-state index contributed by atoms with van der Waals surface area (Å²) in [4.78, 5) is 4.39. The highest BCUT2D eigenvalue weighted by Gasteiger charge is 2.25. The monoisotopic (exact) mass is 1150 g/mol. The Morgan fingerprint density at radius 1 is 0.489 bits per heavy atom. The molecule has 7 nitrogen and oxygen atoms in total. The van der Waals surface area contributed by atoms with Crippen LogP contribution in [0.4, 0.5) is 0 Å². The van der Waals surface area contributed by atoms with E-state index in [2.05, 4.69) is 132 Å². The number of piperazine rings is 3. The van der Waals surface area contributed by atoms with E-state index in [9.17, 15) is 20.4 Å². The molecule has 0 aromatic heterocycles. The summed E-state index contributed by atoms with van der Waals surface area (Å²) in [6, 6.07) is 14.8. The third-order valence-electron chi connectivity index (χ3n) is 7.45. The van der Waals surface area contributed by atoms with Crippen molar-refractivity contribution in [2.45, 2.75) is 12.8 Å². The largest absolute Gasteiger partial charge is 0.871 e. The maximum Gasteiger partial charge on any atom is 0.143 e. The molecule has 2 bridgehead atoms. The summed E-state index contributed by atoms with van der Waals surface area (Å²) >= 11 is 26.4. The molecular formula is C32H30Br8N2O5. The van der Waals surface area contributed by atoms with Crippen LogP contribution in [0, 0.1) is 0 Å². The van der Waals surface area contributed by atoms with E-state index >= 15 is 0 Å². The van der Waals surface area contributed by atoms with Crippen molar-refractivity contribution in [2.75, 3.05) is 39.3 Å². The molecular weight excluding hydrogens is 1130 g/mol. The maximum atomic E-state index is 11.6. The smallest absolute Gasteiger partial charge is 0.143 e. The topological polar surface area (TPSA) is 123 Å². The van der Waals surface area contributed by atoms with E-state index in [4.69, 9.17) is 0 Å². The number of phenolic OH excluding ortho intramolecular Hbond substituents is 3. The van der Waals surface area contributed by atoms with Gasteiger partial charge in [-0.1, -0.05) is 37.6 Å². The average Bonchev–Trinajstić information content (AvgIpc) is 3.01. The molecule has 0 amide bonds. The van der Waals surface area contributed by atoms with Gasteiger partial charge in [-0.05, 0) is 179 Å². The molecule has 3 fully saturated rings. The molecule has 0 atom stereocenters. The second-order valence-electron chi connectivity index (χ2n) is 10.8. The number of nitrogens with zero attached hydrogens (tertiary/aromatic N) is 1. The molecule has 3 saturated heterocycles. The summed E-state index contributed by atoms with van der Waals surface area (Å²) in [6.07, 6.45) is 1.35. The third-order valence-corrected chi connectivity index (χ3v) is 12.3.